The van der Waals surface area contributed by atoms with Crippen molar-refractivity contribution >= 4 is 11.9 Å². The molecule has 0 radical (unpaired) electrons. The molecule has 0 bridgehead atoms. The second-order valence-corrected chi connectivity index (χ2v) is 4.64. The molecule has 19 heavy (non-hydrogen) atoms. The van der Waals surface area contributed by atoms with Gasteiger partial charge in [-0.1, -0.05) is 43.9 Å². The molecule has 0 fully saturated rings. The van der Waals surface area contributed by atoms with Crippen LogP contribution in [-0.4, -0.2) is 18.5 Å². The first-order valence-electron chi connectivity index (χ1n) is 6.79. The smallest absolute Gasteiger partial charge is 0.321 e. The highest BCUT2D eigenvalue weighted by Crippen LogP contribution is 2.03. The largest absolute Gasteiger partial charge is 0.338 e. The molecule has 0 aliphatic carbocycles. The van der Waals surface area contributed by atoms with Crippen molar-refractivity contribution in [3.63, 3.8) is 0 Å². The van der Waals surface area contributed by atoms with E-state index in [-0.39, 0.29) is 5.91 Å². The molecule has 1 aromatic carbocycles. The molecule has 0 saturated carbocycles. The Bertz CT molecular complexity index is 430. The molecule has 104 valence electrons. The van der Waals surface area contributed by atoms with Crippen LogP contribution >= 0.6 is 0 Å². The molecule has 4 nitrogen and oxygen atoms in total. The van der Waals surface area contributed by atoms with Crippen LogP contribution in [0.25, 0.3) is 0 Å². The average molecular weight is 262 g/mol. The third kappa shape index (κ3) is 6.04. The van der Waals surface area contributed by atoms with E-state index < -0.39 is 6.03 Å². The normalized spacial score (nSPS) is 10.0. The summed E-state index contributed by atoms with van der Waals surface area (Å²) in [6.45, 7) is 4.65. The maximum atomic E-state index is 11.8. The van der Waals surface area contributed by atoms with Crippen LogP contribution in [0, 0.1) is 6.92 Å². The molecule has 0 saturated heterocycles. The van der Waals surface area contributed by atoms with Gasteiger partial charge in [-0.05, 0) is 25.5 Å². The van der Waals surface area contributed by atoms with Gasteiger partial charge in [0.15, 0.2) is 0 Å². The van der Waals surface area contributed by atoms with E-state index in [0.717, 1.165) is 24.8 Å². The molecule has 2 N–H and O–H groups in total. The van der Waals surface area contributed by atoms with Crippen LogP contribution in [0.5, 0.6) is 0 Å². The number of hydrogen-bond acceptors (Lipinski definition) is 2. The summed E-state index contributed by atoms with van der Waals surface area (Å²) in [4.78, 5) is 23.3. The number of rotatable bonds is 6. The molecular formula is C15H22N2O2. The van der Waals surface area contributed by atoms with Crippen LogP contribution in [0.2, 0.25) is 0 Å². The second-order valence-electron chi connectivity index (χ2n) is 4.64. The Hall–Kier alpha value is -1.84. The maximum absolute atomic E-state index is 11.8. The van der Waals surface area contributed by atoms with Crippen LogP contribution in [-0.2, 0) is 0 Å². The van der Waals surface area contributed by atoms with Crippen molar-refractivity contribution in [2.45, 2.75) is 39.5 Å². The molecule has 0 aromatic heterocycles. The molecule has 0 aliphatic rings. The Kier molecular flexibility index (Phi) is 6.64. The minimum Gasteiger partial charge on any atom is -0.338 e. The summed E-state index contributed by atoms with van der Waals surface area (Å²) in [5.41, 5.74) is 1.49. The fourth-order valence-corrected chi connectivity index (χ4v) is 1.76. The first-order valence-corrected chi connectivity index (χ1v) is 6.79. The predicted molar refractivity (Wildman–Crippen MR) is 76.2 cm³/mol. The van der Waals surface area contributed by atoms with Crippen molar-refractivity contribution in [1.82, 2.24) is 10.6 Å². The van der Waals surface area contributed by atoms with Gasteiger partial charge in [0.05, 0.1) is 0 Å². The second kappa shape index (κ2) is 8.29. The van der Waals surface area contributed by atoms with Gasteiger partial charge < -0.3 is 5.32 Å². The molecule has 0 unspecified atom stereocenters. The Balaban J connectivity index is 2.30. The van der Waals surface area contributed by atoms with E-state index in [9.17, 15) is 9.59 Å². The number of urea groups is 1. The Labute approximate surface area is 114 Å². The summed E-state index contributed by atoms with van der Waals surface area (Å²) in [5.74, 6) is -0.366. The zero-order valence-electron chi connectivity index (χ0n) is 11.7. The lowest BCUT2D eigenvalue weighted by Crippen LogP contribution is -2.39. The SMILES string of the molecule is CCCCCCNC(=O)NC(=O)c1cccc(C)c1. The Morgan fingerprint density at radius 2 is 1.95 bits per heavy atom. The summed E-state index contributed by atoms with van der Waals surface area (Å²) in [7, 11) is 0. The Morgan fingerprint density at radius 1 is 1.16 bits per heavy atom. The number of aryl methyl sites for hydroxylation is 1. The van der Waals surface area contributed by atoms with Gasteiger partial charge in [-0.3, -0.25) is 10.1 Å². The van der Waals surface area contributed by atoms with E-state index in [4.69, 9.17) is 0 Å². The van der Waals surface area contributed by atoms with Crippen molar-refractivity contribution in [3.05, 3.63) is 35.4 Å². The molecule has 4 heteroatoms. The molecule has 1 rings (SSSR count). The fourth-order valence-electron chi connectivity index (χ4n) is 1.76. The van der Waals surface area contributed by atoms with E-state index in [2.05, 4.69) is 17.6 Å². The predicted octanol–water partition coefficient (Wildman–Crippen LogP) is 3.01. The van der Waals surface area contributed by atoms with Crippen molar-refractivity contribution in [2.75, 3.05) is 6.54 Å². The molecular weight excluding hydrogens is 240 g/mol. The summed E-state index contributed by atoms with van der Waals surface area (Å²) in [5, 5.41) is 5.01. The van der Waals surface area contributed by atoms with E-state index in [1.165, 1.54) is 6.42 Å². The third-order valence-corrected chi connectivity index (χ3v) is 2.82. The minimum absolute atomic E-state index is 0.366. The zero-order chi connectivity index (χ0) is 14.1. The molecule has 0 spiro atoms. The fraction of sp³-hybridized carbons (Fsp3) is 0.467. The number of hydrogen-bond donors (Lipinski definition) is 2. The number of carbonyl (C=O) groups excluding carboxylic acids is 2. The van der Waals surface area contributed by atoms with E-state index in [0.29, 0.717) is 12.1 Å². The van der Waals surface area contributed by atoms with Gasteiger partial charge in [-0.15, -0.1) is 0 Å². The molecule has 1 aromatic rings. The lowest BCUT2D eigenvalue weighted by Gasteiger charge is -2.07. The van der Waals surface area contributed by atoms with Crippen LogP contribution in [0.3, 0.4) is 0 Å². The number of carbonyl (C=O) groups is 2. The van der Waals surface area contributed by atoms with Gasteiger partial charge in [-0.2, -0.15) is 0 Å². The number of benzene rings is 1. The van der Waals surface area contributed by atoms with Gasteiger partial charge in [0.25, 0.3) is 5.91 Å². The number of amides is 3. The zero-order valence-corrected chi connectivity index (χ0v) is 11.7. The Morgan fingerprint density at radius 3 is 2.63 bits per heavy atom. The van der Waals surface area contributed by atoms with Crippen LogP contribution < -0.4 is 10.6 Å². The van der Waals surface area contributed by atoms with Crippen LogP contribution in [0.15, 0.2) is 24.3 Å². The molecule has 0 heterocycles. The van der Waals surface area contributed by atoms with Crippen molar-refractivity contribution in [3.8, 4) is 0 Å². The standard InChI is InChI=1S/C15H22N2O2/c1-3-4-5-6-10-16-15(19)17-14(18)13-9-7-8-12(2)11-13/h7-9,11H,3-6,10H2,1-2H3,(H2,16,17,18,19). The molecule has 0 atom stereocenters. The number of unbranched alkanes of at least 4 members (excludes halogenated alkanes) is 3. The highest BCUT2D eigenvalue weighted by atomic mass is 16.2. The maximum Gasteiger partial charge on any atom is 0.321 e. The van der Waals surface area contributed by atoms with Crippen molar-refractivity contribution in [2.24, 2.45) is 0 Å². The first kappa shape index (κ1) is 15.2. The average Bonchev–Trinajstić information content (AvgIpc) is 2.38. The van der Waals surface area contributed by atoms with E-state index in [1.54, 1.807) is 18.2 Å². The van der Waals surface area contributed by atoms with Crippen molar-refractivity contribution in [1.29, 1.82) is 0 Å². The van der Waals surface area contributed by atoms with Gasteiger partial charge >= 0.3 is 6.03 Å². The highest BCUT2D eigenvalue weighted by Gasteiger charge is 2.09. The number of imide groups is 1. The van der Waals surface area contributed by atoms with Gasteiger partial charge in [0.1, 0.15) is 0 Å². The number of nitrogens with one attached hydrogen (secondary N) is 2. The van der Waals surface area contributed by atoms with Crippen LogP contribution in [0.1, 0.15) is 48.5 Å². The minimum atomic E-state index is -0.428. The third-order valence-electron chi connectivity index (χ3n) is 2.82. The van der Waals surface area contributed by atoms with E-state index >= 15 is 0 Å². The molecule has 3 amide bonds. The van der Waals surface area contributed by atoms with Crippen molar-refractivity contribution < 1.29 is 9.59 Å². The summed E-state index contributed by atoms with van der Waals surface area (Å²) < 4.78 is 0. The quantitative estimate of drug-likeness (QED) is 0.774. The topological polar surface area (TPSA) is 58.2 Å². The summed E-state index contributed by atoms with van der Waals surface area (Å²) >= 11 is 0. The van der Waals surface area contributed by atoms with Gasteiger partial charge in [0, 0.05) is 12.1 Å². The summed E-state index contributed by atoms with van der Waals surface area (Å²) in [6, 6.07) is 6.72. The van der Waals surface area contributed by atoms with Crippen LogP contribution in [0.4, 0.5) is 4.79 Å². The monoisotopic (exact) mass is 262 g/mol. The van der Waals surface area contributed by atoms with Gasteiger partial charge in [0.2, 0.25) is 0 Å². The van der Waals surface area contributed by atoms with E-state index in [1.807, 2.05) is 13.0 Å². The van der Waals surface area contributed by atoms with Gasteiger partial charge in [-0.25, -0.2) is 4.79 Å². The highest BCUT2D eigenvalue weighted by molar-refractivity contribution is 6.04. The molecule has 0 aliphatic heterocycles. The summed E-state index contributed by atoms with van der Waals surface area (Å²) in [6.07, 6.45) is 4.38. The first-order chi connectivity index (χ1) is 9.13. The lowest BCUT2D eigenvalue weighted by molar-refractivity contribution is 0.0964. The lowest BCUT2D eigenvalue weighted by atomic mass is 10.1.